The number of morpholine rings is 1. The van der Waals surface area contributed by atoms with Gasteiger partial charge >= 0.3 is 0 Å². The summed E-state index contributed by atoms with van der Waals surface area (Å²) in [7, 11) is 0. The zero-order valence-corrected chi connectivity index (χ0v) is 13.2. The second-order valence-corrected chi connectivity index (χ2v) is 5.52. The first-order chi connectivity index (χ1) is 10.2. The summed E-state index contributed by atoms with van der Waals surface area (Å²) in [4.78, 5) is 15.6. The van der Waals surface area contributed by atoms with Gasteiger partial charge in [0, 0.05) is 26.2 Å². The minimum absolute atomic E-state index is 0.626. The predicted molar refractivity (Wildman–Crippen MR) is 85.0 cm³/mol. The van der Waals surface area contributed by atoms with Crippen LogP contribution in [0, 0.1) is 5.92 Å². The molecule has 2 heterocycles. The molecule has 1 aliphatic heterocycles. The van der Waals surface area contributed by atoms with E-state index in [-0.39, 0.29) is 0 Å². The van der Waals surface area contributed by atoms with E-state index < -0.39 is 0 Å². The Morgan fingerprint density at radius 1 is 1.10 bits per heavy atom. The van der Waals surface area contributed by atoms with Crippen LogP contribution in [-0.2, 0) is 4.74 Å². The van der Waals surface area contributed by atoms with Crippen molar-refractivity contribution in [2.24, 2.45) is 5.92 Å². The molecular weight excluding hydrogens is 268 g/mol. The number of hydrogen-bond donors (Lipinski definition) is 2. The first-order valence-corrected chi connectivity index (χ1v) is 7.75. The van der Waals surface area contributed by atoms with Crippen molar-refractivity contribution in [3.8, 4) is 0 Å². The van der Waals surface area contributed by atoms with Crippen molar-refractivity contribution in [2.75, 3.05) is 54.9 Å². The lowest BCUT2D eigenvalue weighted by Gasteiger charge is -2.27. The van der Waals surface area contributed by atoms with Gasteiger partial charge in [0.05, 0.1) is 13.2 Å². The summed E-state index contributed by atoms with van der Waals surface area (Å²) in [6.45, 7) is 11.2. The maximum atomic E-state index is 5.38. The second kappa shape index (κ2) is 7.97. The predicted octanol–water partition coefficient (Wildman–Crippen LogP) is 1.60. The third-order valence-electron chi connectivity index (χ3n) is 3.26. The Hall–Kier alpha value is -1.63. The summed E-state index contributed by atoms with van der Waals surface area (Å²) in [6, 6.07) is 0. The molecule has 118 valence electrons. The lowest BCUT2D eigenvalue weighted by atomic mass is 10.1. The molecule has 0 saturated carbocycles. The molecule has 2 N–H and O–H groups in total. The highest BCUT2D eigenvalue weighted by molar-refractivity contribution is 5.44. The normalized spacial score (nSPS) is 15.3. The summed E-state index contributed by atoms with van der Waals surface area (Å²) < 4.78 is 5.38. The van der Waals surface area contributed by atoms with Gasteiger partial charge in [-0.3, -0.25) is 0 Å². The molecule has 1 aromatic heterocycles. The lowest BCUT2D eigenvalue weighted by Crippen LogP contribution is -2.37. The molecule has 0 radical (unpaired) electrons. The molecule has 0 spiro atoms. The van der Waals surface area contributed by atoms with Gasteiger partial charge in [0.25, 0.3) is 0 Å². The van der Waals surface area contributed by atoms with Gasteiger partial charge in [-0.15, -0.1) is 0 Å². The van der Waals surface area contributed by atoms with Crippen molar-refractivity contribution in [3.05, 3.63) is 0 Å². The van der Waals surface area contributed by atoms with E-state index >= 15 is 0 Å². The van der Waals surface area contributed by atoms with Gasteiger partial charge in [-0.25, -0.2) is 0 Å². The van der Waals surface area contributed by atoms with E-state index in [2.05, 4.69) is 44.3 Å². The van der Waals surface area contributed by atoms with E-state index in [1.807, 2.05) is 6.92 Å². The average Bonchev–Trinajstić information content (AvgIpc) is 2.48. The van der Waals surface area contributed by atoms with E-state index in [0.29, 0.717) is 17.8 Å². The van der Waals surface area contributed by atoms with Crippen LogP contribution in [0.5, 0.6) is 0 Å². The molecule has 0 unspecified atom stereocenters. The van der Waals surface area contributed by atoms with E-state index in [9.17, 15) is 0 Å². The van der Waals surface area contributed by atoms with Gasteiger partial charge in [0.2, 0.25) is 17.8 Å². The third kappa shape index (κ3) is 5.00. The fourth-order valence-corrected chi connectivity index (χ4v) is 2.06. The Balaban J connectivity index is 2.09. The fraction of sp³-hybridized carbons (Fsp3) is 0.786. The first-order valence-electron chi connectivity index (χ1n) is 7.75. The highest BCUT2D eigenvalue weighted by Crippen LogP contribution is 2.15. The molecular formula is C14H26N6O. The maximum absolute atomic E-state index is 5.38. The van der Waals surface area contributed by atoms with E-state index in [4.69, 9.17) is 4.74 Å². The van der Waals surface area contributed by atoms with Crippen molar-refractivity contribution in [3.63, 3.8) is 0 Å². The van der Waals surface area contributed by atoms with Gasteiger partial charge in [0.1, 0.15) is 0 Å². The molecule has 0 aromatic carbocycles. The average molecular weight is 294 g/mol. The number of nitrogens with zero attached hydrogens (tertiary/aromatic N) is 4. The van der Waals surface area contributed by atoms with Crippen LogP contribution in [0.25, 0.3) is 0 Å². The van der Waals surface area contributed by atoms with Crippen LogP contribution in [0.2, 0.25) is 0 Å². The molecule has 7 heteroatoms. The van der Waals surface area contributed by atoms with Crippen LogP contribution in [0.1, 0.15) is 27.2 Å². The Morgan fingerprint density at radius 2 is 1.76 bits per heavy atom. The van der Waals surface area contributed by atoms with Crippen molar-refractivity contribution >= 4 is 17.8 Å². The molecule has 21 heavy (non-hydrogen) atoms. The maximum Gasteiger partial charge on any atom is 0.232 e. The highest BCUT2D eigenvalue weighted by Gasteiger charge is 2.16. The molecule has 1 fully saturated rings. The van der Waals surface area contributed by atoms with Crippen molar-refractivity contribution in [1.29, 1.82) is 0 Å². The number of nitrogens with one attached hydrogen (secondary N) is 2. The second-order valence-electron chi connectivity index (χ2n) is 5.52. The van der Waals surface area contributed by atoms with Crippen LogP contribution in [0.3, 0.4) is 0 Å². The van der Waals surface area contributed by atoms with Crippen molar-refractivity contribution in [1.82, 2.24) is 15.0 Å². The Labute approximate surface area is 126 Å². The quantitative estimate of drug-likeness (QED) is 0.791. The number of rotatable bonds is 7. The van der Waals surface area contributed by atoms with Crippen molar-refractivity contribution < 1.29 is 4.74 Å². The zero-order chi connectivity index (χ0) is 15.1. The van der Waals surface area contributed by atoms with Gasteiger partial charge in [-0.05, 0) is 19.3 Å². The number of aromatic nitrogens is 3. The van der Waals surface area contributed by atoms with Crippen LogP contribution in [0.4, 0.5) is 17.8 Å². The van der Waals surface area contributed by atoms with Gasteiger partial charge in [-0.2, -0.15) is 15.0 Å². The summed E-state index contributed by atoms with van der Waals surface area (Å²) in [5.41, 5.74) is 0. The Bertz CT molecular complexity index is 433. The van der Waals surface area contributed by atoms with Crippen LogP contribution in [-0.4, -0.2) is 54.3 Å². The minimum atomic E-state index is 0.626. The zero-order valence-electron chi connectivity index (χ0n) is 13.2. The fourth-order valence-electron chi connectivity index (χ4n) is 2.06. The molecule has 2 rings (SSSR count). The van der Waals surface area contributed by atoms with Crippen LogP contribution < -0.4 is 15.5 Å². The molecule has 0 bridgehead atoms. The van der Waals surface area contributed by atoms with Gasteiger partial charge in [0.15, 0.2) is 0 Å². The summed E-state index contributed by atoms with van der Waals surface area (Å²) in [5.74, 6) is 2.65. The molecule has 1 saturated heterocycles. The van der Waals surface area contributed by atoms with Crippen LogP contribution in [0.15, 0.2) is 0 Å². The number of hydrogen-bond acceptors (Lipinski definition) is 7. The molecule has 1 aromatic rings. The summed E-state index contributed by atoms with van der Waals surface area (Å²) >= 11 is 0. The first kappa shape index (κ1) is 15.8. The van der Waals surface area contributed by atoms with E-state index in [1.54, 1.807) is 0 Å². The van der Waals surface area contributed by atoms with E-state index in [0.717, 1.165) is 51.8 Å². The Kier molecular flexibility index (Phi) is 5.98. The smallest absolute Gasteiger partial charge is 0.232 e. The Morgan fingerprint density at radius 3 is 2.38 bits per heavy atom. The largest absolute Gasteiger partial charge is 0.378 e. The number of anilines is 3. The van der Waals surface area contributed by atoms with E-state index in [1.165, 1.54) is 0 Å². The van der Waals surface area contributed by atoms with Gasteiger partial charge < -0.3 is 20.3 Å². The molecule has 7 nitrogen and oxygen atoms in total. The highest BCUT2D eigenvalue weighted by atomic mass is 16.5. The SMILES string of the molecule is CCNc1nc(NCCC(C)C)nc(N2CCOCC2)n1. The standard InChI is InChI=1S/C14H26N6O/c1-4-15-12-17-13(16-6-5-11(2)3)19-14(18-12)20-7-9-21-10-8-20/h11H,4-10H2,1-3H3,(H2,15,16,17,18,19). The number of ether oxygens (including phenoxy) is 1. The minimum Gasteiger partial charge on any atom is -0.378 e. The van der Waals surface area contributed by atoms with Crippen LogP contribution >= 0.6 is 0 Å². The van der Waals surface area contributed by atoms with Gasteiger partial charge in [-0.1, -0.05) is 13.8 Å². The molecule has 0 atom stereocenters. The van der Waals surface area contributed by atoms with Crippen molar-refractivity contribution in [2.45, 2.75) is 27.2 Å². The molecule has 1 aliphatic rings. The lowest BCUT2D eigenvalue weighted by molar-refractivity contribution is 0.122. The molecule has 0 aliphatic carbocycles. The topological polar surface area (TPSA) is 75.2 Å². The monoisotopic (exact) mass is 294 g/mol. The summed E-state index contributed by atoms with van der Waals surface area (Å²) in [6.07, 6.45) is 1.09. The summed E-state index contributed by atoms with van der Waals surface area (Å²) in [5, 5.41) is 6.46. The molecule has 0 amide bonds. The third-order valence-corrected chi connectivity index (χ3v) is 3.26.